The van der Waals surface area contributed by atoms with E-state index in [1.165, 1.54) is 36.4 Å². The first kappa shape index (κ1) is 17.5. The van der Waals surface area contributed by atoms with E-state index < -0.39 is 10.0 Å². The van der Waals surface area contributed by atoms with Gasteiger partial charge in [-0.25, -0.2) is 17.5 Å². The van der Waals surface area contributed by atoms with Crippen LogP contribution in [0.4, 0.5) is 4.39 Å². The molecular formula is C18H14ClFN2O2S. The van der Waals surface area contributed by atoms with E-state index in [9.17, 15) is 12.8 Å². The van der Waals surface area contributed by atoms with Gasteiger partial charge in [-0.05, 0) is 60.2 Å². The van der Waals surface area contributed by atoms with Gasteiger partial charge in [0.25, 0.3) is 0 Å². The summed E-state index contributed by atoms with van der Waals surface area (Å²) < 4.78 is 40.4. The van der Waals surface area contributed by atoms with Crippen LogP contribution < -0.4 is 4.72 Å². The van der Waals surface area contributed by atoms with Gasteiger partial charge in [-0.15, -0.1) is 0 Å². The Labute approximate surface area is 150 Å². The monoisotopic (exact) mass is 376 g/mol. The van der Waals surface area contributed by atoms with Crippen molar-refractivity contribution in [2.75, 3.05) is 0 Å². The van der Waals surface area contributed by atoms with E-state index in [1.807, 2.05) is 0 Å². The molecule has 0 saturated carbocycles. The Kier molecular flexibility index (Phi) is 5.13. The highest BCUT2D eigenvalue weighted by molar-refractivity contribution is 7.89. The van der Waals surface area contributed by atoms with E-state index in [2.05, 4.69) is 9.71 Å². The van der Waals surface area contributed by atoms with Crippen molar-refractivity contribution < 1.29 is 12.8 Å². The molecule has 1 aromatic heterocycles. The van der Waals surface area contributed by atoms with Gasteiger partial charge >= 0.3 is 0 Å². The van der Waals surface area contributed by atoms with Crippen molar-refractivity contribution in [3.8, 4) is 11.3 Å². The van der Waals surface area contributed by atoms with Gasteiger partial charge in [0.1, 0.15) is 5.82 Å². The Morgan fingerprint density at radius 3 is 2.36 bits per heavy atom. The van der Waals surface area contributed by atoms with Gasteiger partial charge in [-0.3, -0.25) is 4.98 Å². The Balaban J connectivity index is 1.84. The van der Waals surface area contributed by atoms with Crippen LogP contribution in [0.15, 0.2) is 71.8 Å². The van der Waals surface area contributed by atoms with Crippen LogP contribution in [0.25, 0.3) is 11.3 Å². The third kappa shape index (κ3) is 4.22. The summed E-state index contributed by atoms with van der Waals surface area (Å²) in [6, 6.07) is 15.3. The van der Waals surface area contributed by atoms with Crippen molar-refractivity contribution in [1.29, 1.82) is 0 Å². The molecule has 0 aliphatic carbocycles. The molecule has 3 rings (SSSR count). The van der Waals surface area contributed by atoms with E-state index in [-0.39, 0.29) is 17.3 Å². The molecule has 1 heterocycles. The number of hydrogen-bond donors (Lipinski definition) is 1. The molecule has 0 radical (unpaired) electrons. The van der Waals surface area contributed by atoms with Crippen molar-refractivity contribution in [1.82, 2.24) is 9.71 Å². The summed E-state index contributed by atoms with van der Waals surface area (Å²) in [4.78, 5) is 4.42. The lowest BCUT2D eigenvalue weighted by Crippen LogP contribution is -2.23. The molecule has 0 fully saturated rings. The second kappa shape index (κ2) is 7.31. The van der Waals surface area contributed by atoms with Crippen LogP contribution in [-0.4, -0.2) is 13.4 Å². The zero-order valence-electron chi connectivity index (χ0n) is 13.0. The fraction of sp³-hybridized carbons (Fsp3) is 0.0556. The molecule has 1 N–H and O–H groups in total. The van der Waals surface area contributed by atoms with Crippen molar-refractivity contribution in [3.63, 3.8) is 0 Å². The first-order valence-electron chi connectivity index (χ1n) is 7.41. The summed E-state index contributed by atoms with van der Waals surface area (Å²) in [5.41, 5.74) is 2.00. The molecule has 0 atom stereocenters. The number of benzene rings is 2. The van der Waals surface area contributed by atoms with E-state index in [0.29, 0.717) is 21.8 Å². The van der Waals surface area contributed by atoms with Gasteiger partial charge in [0.2, 0.25) is 10.0 Å². The zero-order valence-corrected chi connectivity index (χ0v) is 14.6. The van der Waals surface area contributed by atoms with Crippen molar-refractivity contribution in [2.45, 2.75) is 11.4 Å². The summed E-state index contributed by atoms with van der Waals surface area (Å²) in [6.07, 6.45) is 1.61. The third-order valence-corrected chi connectivity index (χ3v) is 5.25. The normalized spacial score (nSPS) is 11.4. The minimum atomic E-state index is -3.68. The van der Waals surface area contributed by atoms with Crippen LogP contribution in [-0.2, 0) is 16.6 Å². The molecule has 0 aliphatic heterocycles. The van der Waals surface area contributed by atoms with Crippen LogP contribution >= 0.6 is 11.6 Å². The summed E-state index contributed by atoms with van der Waals surface area (Å²) in [6.45, 7) is 0.0610. The molecule has 25 heavy (non-hydrogen) atoms. The second-order valence-corrected chi connectivity index (χ2v) is 7.50. The van der Waals surface area contributed by atoms with E-state index in [1.54, 1.807) is 30.5 Å². The number of rotatable bonds is 5. The Morgan fingerprint density at radius 2 is 1.68 bits per heavy atom. The number of nitrogens with one attached hydrogen (secondary N) is 1. The molecule has 0 saturated heterocycles. The average molecular weight is 377 g/mol. The van der Waals surface area contributed by atoms with Gasteiger partial charge in [0, 0.05) is 23.3 Å². The molecule has 7 heteroatoms. The first-order valence-corrected chi connectivity index (χ1v) is 9.27. The maximum absolute atomic E-state index is 13.1. The van der Waals surface area contributed by atoms with Gasteiger partial charge in [-0.1, -0.05) is 17.7 Å². The summed E-state index contributed by atoms with van der Waals surface area (Å²) in [5.74, 6) is -0.343. The predicted molar refractivity (Wildman–Crippen MR) is 95.1 cm³/mol. The highest BCUT2D eigenvalue weighted by Gasteiger charge is 2.15. The fourth-order valence-electron chi connectivity index (χ4n) is 2.32. The van der Waals surface area contributed by atoms with Crippen LogP contribution in [0.5, 0.6) is 0 Å². The molecular weight excluding hydrogens is 363 g/mol. The topological polar surface area (TPSA) is 59.1 Å². The van der Waals surface area contributed by atoms with Crippen LogP contribution in [0.1, 0.15) is 5.56 Å². The molecule has 2 aromatic carbocycles. The zero-order chi connectivity index (χ0) is 17.9. The number of hydrogen-bond acceptors (Lipinski definition) is 3. The molecule has 0 unspecified atom stereocenters. The summed E-state index contributed by atoms with van der Waals surface area (Å²) in [5, 5.41) is 0.463. The molecule has 3 aromatic rings. The molecule has 128 valence electrons. The number of sulfonamides is 1. The molecule has 4 nitrogen and oxygen atoms in total. The maximum Gasteiger partial charge on any atom is 0.240 e. The Morgan fingerprint density at radius 1 is 1.00 bits per heavy atom. The summed E-state index contributed by atoms with van der Waals surface area (Å²) >= 11 is 5.78. The molecule has 0 amide bonds. The lowest BCUT2D eigenvalue weighted by molar-refractivity contribution is 0.581. The van der Waals surface area contributed by atoms with Crippen molar-refractivity contribution >= 4 is 21.6 Å². The standard InChI is InChI=1S/C18H14ClFN2O2S/c19-15-5-9-17(10-6-15)25(23,24)22-12-14-2-1-11-21-18(14)13-3-7-16(20)8-4-13/h1-11,22H,12H2. The van der Waals surface area contributed by atoms with E-state index in [4.69, 9.17) is 11.6 Å². The highest BCUT2D eigenvalue weighted by Crippen LogP contribution is 2.22. The van der Waals surface area contributed by atoms with Crippen LogP contribution in [0.3, 0.4) is 0 Å². The van der Waals surface area contributed by atoms with Crippen molar-refractivity contribution in [2.24, 2.45) is 0 Å². The van der Waals surface area contributed by atoms with Gasteiger partial charge < -0.3 is 0 Å². The molecule has 0 aliphatic rings. The predicted octanol–water partition coefficient (Wildman–Crippen LogP) is 4.02. The second-order valence-electron chi connectivity index (χ2n) is 5.30. The van der Waals surface area contributed by atoms with Crippen molar-refractivity contribution in [3.05, 3.63) is 83.3 Å². The third-order valence-electron chi connectivity index (χ3n) is 3.59. The average Bonchev–Trinajstić information content (AvgIpc) is 2.61. The van der Waals surface area contributed by atoms with Crippen LogP contribution in [0.2, 0.25) is 5.02 Å². The lowest BCUT2D eigenvalue weighted by Gasteiger charge is -2.11. The van der Waals surface area contributed by atoms with E-state index >= 15 is 0 Å². The van der Waals surface area contributed by atoms with Gasteiger partial charge in [-0.2, -0.15) is 0 Å². The Hall–Kier alpha value is -2.28. The number of halogens is 2. The number of nitrogens with zero attached hydrogens (tertiary/aromatic N) is 1. The molecule has 0 spiro atoms. The lowest BCUT2D eigenvalue weighted by atomic mass is 10.1. The highest BCUT2D eigenvalue weighted by atomic mass is 35.5. The SMILES string of the molecule is O=S(=O)(NCc1cccnc1-c1ccc(F)cc1)c1ccc(Cl)cc1. The van der Waals surface area contributed by atoms with Gasteiger partial charge in [0.15, 0.2) is 0 Å². The maximum atomic E-state index is 13.1. The minimum absolute atomic E-state index is 0.0610. The fourth-order valence-corrected chi connectivity index (χ4v) is 3.45. The smallest absolute Gasteiger partial charge is 0.240 e. The van der Waals surface area contributed by atoms with Gasteiger partial charge in [0.05, 0.1) is 10.6 Å². The summed E-state index contributed by atoms with van der Waals surface area (Å²) in [7, 11) is -3.68. The Bertz CT molecular complexity index is 975. The quantitative estimate of drug-likeness (QED) is 0.731. The largest absolute Gasteiger partial charge is 0.256 e. The molecule has 0 bridgehead atoms. The van der Waals surface area contributed by atoms with Crippen LogP contribution in [0, 0.1) is 5.82 Å². The number of aromatic nitrogens is 1. The number of pyridine rings is 1. The minimum Gasteiger partial charge on any atom is -0.256 e. The van der Waals surface area contributed by atoms with E-state index in [0.717, 1.165) is 0 Å². The first-order chi connectivity index (χ1) is 12.0.